The Morgan fingerprint density at radius 1 is 1.26 bits per heavy atom. The van der Waals surface area contributed by atoms with Gasteiger partial charge >= 0.3 is 5.97 Å². The van der Waals surface area contributed by atoms with Crippen molar-refractivity contribution in [3.05, 3.63) is 12.7 Å². The Bertz CT molecular complexity index is 783. The number of hydrogen-bond donors (Lipinski definition) is 1. The smallest absolute Gasteiger partial charge is 0.310 e. The van der Waals surface area contributed by atoms with Crippen LogP contribution in [0.3, 0.4) is 0 Å². The van der Waals surface area contributed by atoms with E-state index in [1.165, 1.54) is 0 Å². The Balaban J connectivity index is 1.93. The predicted molar refractivity (Wildman–Crippen MR) is 142 cm³/mol. The number of rotatable bonds is 15. The molecule has 0 radical (unpaired) electrons. The van der Waals surface area contributed by atoms with Gasteiger partial charge in [-0.1, -0.05) is 54.6 Å². The summed E-state index contributed by atoms with van der Waals surface area (Å²) in [5.41, 5.74) is 0. The van der Waals surface area contributed by atoms with Crippen LogP contribution in [0.25, 0.3) is 0 Å². The average molecular weight is 574 g/mol. The SMILES string of the molecule is C=CCN(CCCCC)C(=O)C1N(CCCCCCO)C(=O)[C@@H]2[C@@H](C(=O)OCC)[C@@H]3SC12CC3Br. The maximum absolute atomic E-state index is 14.2. The van der Waals surface area contributed by atoms with E-state index >= 15 is 0 Å². The normalized spacial score (nSPS) is 31.0. The molecule has 1 spiro atoms. The summed E-state index contributed by atoms with van der Waals surface area (Å²) in [6.07, 6.45) is 8.73. The van der Waals surface area contributed by atoms with Gasteiger partial charge in [0.1, 0.15) is 6.04 Å². The summed E-state index contributed by atoms with van der Waals surface area (Å²) in [7, 11) is 0. The van der Waals surface area contributed by atoms with Crippen molar-refractivity contribution in [2.45, 2.75) is 86.1 Å². The fraction of sp³-hybridized carbons (Fsp3) is 0.808. The Kier molecular flexibility index (Phi) is 10.5. The lowest BCUT2D eigenvalue weighted by molar-refractivity contribution is -0.153. The Morgan fingerprint density at radius 2 is 2.00 bits per heavy atom. The van der Waals surface area contributed by atoms with Gasteiger partial charge in [0.2, 0.25) is 11.8 Å². The van der Waals surface area contributed by atoms with Crippen molar-refractivity contribution in [3.8, 4) is 0 Å². The average Bonchev–Trinajstić information content (AvgIpc) is 3.42. The number of hydrogen-bond acceptors (Lipinski definition) is 6. The molecule has 7 nitrogen and oxygen atoms in total. The van der Waals surface area contributed by atoms with Gasteiger partial charge in [0.15, 0.2) is 0 Å². The van der Waals surface area contributed by atoms with E-state index in [1.807, 2.05) is 4.90 Å². The number of likely N-dealkylation sites (tertiary alicyclic amines) is 1. The number of aliphatic hydroxyl groups excluding tert-OH is 1. The molecule has 1 N–H and O–H groups in total. The van der Waals surface area contributed by atoms with Crippen molar-refractivity contribution in [2.75, 3.05) is 32.8 Å². The number of carbonyl (C=O) groups excluding carboxylic acids is 3. The van der Waals surface area contributed by atoms with E-state index in [0.29, 0.717) is 26.1 Å². The molecule has 3 aliphatic rings. The van der Waals surface area contributed by atoms with Gasteiger partial charge in [-0.25, -0.2) is 0 Å². The minimum atomic E-state index is -0.625. The lowest BCUT2D eigenvalue weighted by atomic mass is 9.71. The molecule has 0 aromatic heterocycles. The predicted octanol–water partition coefficient (Wildman–Crippen LogP) is 3.77. The molecule has 3 heterocycles. The highest BCUT2D eigenvalue weighted by Crippen LogP contribution is 2.68. The third kappa shape index (κ3) is 5.61. The highest BCUT2D eigenvalue weighted by atomic mass is 79.9. The molecule has 35 heavy (non-hydrogen) atoms. The molecule has 3 fully saturated rings. The van der Waals surface area contributed by atoms with E-state index in [9.17, 15) is 14.4 Å². The summed E-state index contributed by atoms with van der Waals surface area (Å²) in [6.45, 7) is 9.79. The third-order valence-corrected chi connectivity index (χ3v) is 10.8. The van der Waals surface area contributed by atoms with Crippen molar-refractivity contribution in [1.29, 1.82) is 0 Å². The number of alkyl halides is 1. The van der Waals surface area contributed by atoms with E-state index in [0.717, 1.165) is 44.9 Å². The van der Waals surface area contributed by atoms with E-state index < -0.39 is 22.6 Å². The summed E-state index contributed by atoms with van der Waals surface area (Å²) >= 11 is 5.44. The van der Waals surface area contributed by atoms with Crippen molar-refractivity contribution < 1.29 is 24.2 Å². The van der Waals surface area contributed by atoms with Crippen molar-refractivity contribution in [3.63, 3.8) is 0 Å². The minimum absolute atomic E-state index is 0.0235. The van der Waals surface area contributed by atoms with Crippen molar-refractivity contribution >= 4 is 45.5 Å². The number of ether oxygens (including phenoxy) is 1. The van der Waals surface area contributed by atoms with Crippen LogP contribution < -0.4 is 0 Å². The van der Waals surface area contributed by atoms with Gasteiger partial charge in [-0.05, 0) is 32.6 Å². The molecule has 2 amide bonds. The second kappa shape index (κ2) is 13.0. The zero-order valence-electron chi connectivity index (χ0n) is 21.1. The highest BCUT2D eigenvalue weighted by Gasteiger charge is 2.76. The molecule has 2 bridgehead atoms. The van der Waals surface area contributed by atoms with Gasteiger partial charge in [-0.3, -0.25) is 14.4 Å². The molecule has 0 saturated carbocycles. The molecule has 3 unspecified atom stereocenters. The van der Waals surface area contributed by atoms with Crippen LogP contribution in [0.15, 0.2) is 12.7 Å². The van der Waals surface area contributed by atoms with Gasteiger partial charge < -0.3 is 19.6 Å². The van der Waals surface area contributed by atoms with Crippen LogP contribution in [-0.4, -0.2) is 86.4 Å². The van der Waals surface area contributed by atoms with Gasteiger partial charge in [0.05, 0.1) is 23.2 Å². The third-order valence-electron chi connectivity index (χ3n) is 7.58. The second-order valence-electron chi connectivity index (χ2n) is 9.87. The molecule has 9 heteroatoms. The number of nitrogens with zero attached hydrogens (tertiary/aromatic N) is 2. The number of aliphatic hydroxyl groups is 1. The number of esters is 1. The number of fused-ring (bicyclic) bond motifs is 1. The number of thioether (sulfide) groups is 1. The van der Waals surface area contributed by atoms with Crippen molar-refractivity contribution in [1.82, 2.24) is 9.80 Å². The van der Waals surface area contributed by atoms with Crippen LogP contribution in [0.4, 0.5) is 0 Å². The Hall–Kier alpha value is -1.06. The van der Waals surface area contributed by atoms with Crippen molar-refractivity contribution in [2.24, 2.45) is 11.8 Å². The molecule has 3 rings (SSSR count). The highest BCUT2D eigenvalue weighted by molar-refractivity contribution is 9.09. The summed E-state index contributed by atoms with van der Waals surface area (Å²) in [6, 6.07) is -0.589. The fourth-order valence-electron chi connectivity index (χ4n) is 6.08. The molecule has 3 aliphatic heterocycles. The van der Waals surface area contributed by atoms with Crippen LogP contribution in [-0.2, 0) is 19.1 Å². The summed E-state index contributed by atoms with van der Waals surface area (Å²) < 4.78 is 4.79. The van der Waals surface area contributed by atoms with E-state index in [2.05, 4.69) is 29.4 Å². The quantitative estimate of drug-likeness (QED) is 0.139. The maximum atomic E-state index is 14.2. The van der Waals surface area contributed by atoms with Crippen LogP contribution in [0.5, 0.6) is 0 Å². The number of halogens is 1. The first kappa shape index (κ1) is 28.5. The number of carbonyl (C=O) groups is 3. The largest absolute Gasteiger partial charge is 0.466 e. The molecule has 0 aliphatic carbocycles. The van der Waals surface area contributed by atoms with Crippen LogP contribution >= 0.6 is 27.7 Å². The lowest BCUT2D eigenvalue weighted by Gasteiger charge is -2.38. The summed E-state index contributed by atoms with van der Waals surface area (Å²) in [4.78, 5) is 44.8. The minimum Gasteiger partial charge on any atom is -0.466 e. The maximum Gasteiger partial charge on any atom is 0.310 e. The summed E-state index contributed by atoms with van der Waals surface area (Å²) in [5, 5.41) is 9.02. The lowest BCUT2D eigenvalue weighted by Crippen LogP contribution is -2.55. The van der Waals surface area contributed by atoms with E-state index in [4.69, 9.17) is 9.84 Å². The van der Waals surface area contributed by atoms with Gasteiger partial charge in [-0.15, -0.1) is 18.3 Å². The van der Waals surface area contributed by atoms with Gasteiger partial charge in [0, 0.05) is 36.3 Å². The summed E-state index contributed by atoms with van der Waals surface area (Å²) in [5.74, 6) is -1.49. The molecule has 0 aromatic rings. The molecule has 198 valence electrons. The van der Waals surface area contributed by atoms with Gasteiger partial charge in [-0.2, -0.15) is 0 Å². The molecular formula is C26H41BrN2O5S. The van der Waals surface area contributed by atoms with E-state index in [-0.39, 0.29) is 41.1 Å². The Labute approximate surface area is 222 Å². The fourth-order valence-corrected chi connectivity index (χ4v) is 9.67. The second-order valence-corrected chi connectivity index (χ2v) is 12.6. The molecule has 3 saturated heterocycles. The number of amides is 2. The standard InChI is InChI=1S/C26H41BrN2O5S/c1-4-7-10-14-28(13-5-2)24(32)22-26-17-18(27)21(35-26)19(25(33)34-6-3)20(26)23(31)29(22)15-11-8-9-12-16-30/h5,18-22,30H,2,4,6-17H2,1,3H3/t18?,19-,20+,21-,22?,26?/m1/s1. The number of unbranched alkanes of at least 4 members (excludes halogenated alkanes) is 5. The molecule has 0 aromatic carbocycles. The topological polar surface area (TPSA) is 87.2 Å². The Morgan fingerprint density at radius 3 is 2.66 bits per heavy atom. The molecular weight excluding hydrogens is 532 g/mol. The molecule has 6 atom stereocenters. The first-order valence-corrected chi connectivity index (χ1v) is 15.0. The monoisotopic (exact) mass is 572 g/mol. The van der Waals surface area contributed by atoms with E-state index in [1.54, 1.807) is 29.7 Å². The van der Waals surface area contributed by atoms with Crippen LogP contribution in [0, 0.1) is 11.8 Å². The van der Waals surface area contributed by atoms with Crippen LogP contribution in [0.1, 0.15) is 65.2 Å². The van der Waals surface area contributed by atoms with Crippen LogP contribution in [0.2, 0.25) is 0 Å². The first-order chi connectivity index (χ1) is 16.9. The zero-order chi connectivity index (χ0) is 25.6. The first-order valence-electron chi connectivity index (χ1n) is 13.2. The zero-order valence-corrected chi connectivity index (χ0v) is 23.5. The van der Waals surface area contributed by atoms with Gasteiger partial charge in [0.25, 0.3) is 0 Å².